The van der Waals surface area contributed by atoms with E-state index < -0.39 is 5.97 Å². The van der Waals surface area contributed by atoms with E-state index >= 15 is 0 Å². The second-order valence-electron chi connectivity index (χ2n) is 6.91. The first-order valence-corrected chi connectivity index (χ1v) is 10.2. The van der Waals surface area contributed by atoms with Crippen LogP contribution in [0.15, 0.2) is 30.6 Å². The van der Waals surface area contributed by atoms with Crippen molar-refractivity contribution in [3.63, 3.8) is 0 Å². The summed E-state index contributed by atoms with van der Waals surface area (Å²) in [7, 11) is 1.88. The first-order valence-electron chi connectivity index (χ1n) is 10.2. The van der Waals surface area contributed by atoms with Crippen LogP contribution in [0.4, 0.5) is 5.82 Å². The Morgan fingerprint density at radius 2 is 1.94 bits per heavy atom. The summed E-state index contributed by atoms with van der Waals surface area (Å²) in [5.41, 5.74) is 1.14. The number of anilines is 1. The molecule has 0 atom stereocenters. The molecular weight excluding hydrogens is 402 g/mol. The van der Waals surface area contributed by atoms with Crippen LogP contribution in [0.5, 0.6) is 6.01 Å². The minimum atomic E-state index is -0.476. The molecule has 0 amide bonds. The number of ether oxygens (including phenoxy) is 3. The van der Waals surface area contributed by atoms with Gasteiger partial charge in [0.1, 0.15) is 5.82 Å². The van der Waals surface area contributed by atoms with Crippen LogP contribution in [0.2, 0.25) is 0 Å². The molecule has 0 N–H and O–H groups in total. The van der Waals surface area contributed by atoms with Crippen molar-refractivity contribution in [2.75, 3.05) is 44.4 Å². The molecule has 0 bridgehead atoms. The van der Waals surface area contributed by atoms with Crippen LogP contribution in [-0.2, 0) is 22.9 Å². The molecule has 11 heteroatoms. The third-order valence-electron chi connectivity index (χ3n) is 4.68. The Hall–Kier alpha value is -3.47. The minimum Gasteiger partial charge on any atom is -0.463 e. The lowest BCUT2D eigenvalue weighted by molar-refractivity contribution is 0.0519. The lowest BCUT2D eigenvalue weighted by atomic mass is 10.3. The van der Waals surface area contributed by atoms with Gasteiger partial charge in [-0.25, -0.2) is 9.48 Å². The molecule has 1 aliphatic rings. The molecular formula is C20H25N7O4. The van der Waals surface area contributed by atoms with E-state index in [0.29, 0.717) is 37.9 Å². The van der Waals surface area contributed by atoms with Gasteiger partial charge in [-0.2, -0.15) is 20.2 Å². The van der Waals surface area contributed by atoms with E-state index in [1.165, 1.54) is 4.68 Å². The first-order chi connectivity index (χ1) is 15.1. The van der Waals surface area contributed by atoms with E-state index in [4.69, 9.17) is 14.2 Å². The van der Waals surface area contributed by atoms with E-state index in [1.807, 2.05) is 25.4 Å². The third-order valence-corrected chi connectivity index (χ3v) is 4.68. The standard InChI is InChI=1S/C20H25N7O4/c1-3-30-19(28)16-5-8-27(24-16)18-14-17(26-9-12-29-13-10-26)21-20(22-18)31-11-6-15-4-7-25(2)23-15/h4-5,7-8,14H,3,6,9-13H2,1-2H3. The molecule has 164 valence electrons. The van der Waals surface area contributed by atoms with Gasteiger partial charge in [-0.15, -0.1) is 0 Å². The molecule has 0 unspecified atom stereocenters. The van der Waals surface area contributed by atoms with Gasteiger partial charge in [0.2, 0.25) is 0 Å². The quantitative estimate of drug-likeness (QED) is 0.487. The number of carbonyl (C=O) groups excluding carboxylic acids is 1. The molecule has 1 aliphatic heterocycles. The number of carbonyl (C=O) groups is 1. The smallest absolute Gasteiger partial charge is 0.358 e. The Morgan fingerprint density at radius 1 is 1.13 bits per heavy atom. The number of morpholine rings is 1. The van der Waals surface area contributed by atoms with Crippen LogP contribution in [0.1, 0.15) is 23.1 Å². The molecule has 31 heavy (non-hydrogen) atoms. The lowest BCUT2D eigenvalue weighted by Crippen LogP contribution is -2.37. The molecule has 0 aromatic carbocycles. The molecule has 1 fully saturated rings. The molecule has 3 aromatic heterocycles. The number of rotatable bonds is 8. The average molecular weight is 427 g/mol. The Balaban J connectivity index is 1.56. The van der Waals surface area contributed by atoms with Crippen LogP contribution >= 0.6 is 0 Å². The molecule has 4 rings (SSSR count). The molecule has 0 aliphatic carbocycles. The van der Waals surface area contributed by atoms with Crippen molar-refractivity contribution in [1.82, 2.24) is 29.5 Å². The van der Waals surface area contributed by atoms with Crippen molar-refractivity contribution in [3.8, 4) is 11.8 Å². The van der Waals surface area contributed by atoms with Gasteiger partial charge in [0, 0.05) is 45.0 Å². The summed E-state index contributed by atoms with van der Waals surface area (Å²) in [5, 5.41) is 8.65. The fraction of sp³-hybridized carbons (Fsp3) is 0.450. The number of esters is 1. The minimum absolute atomic E-state index is 0.214. The average Bonchev–Trinajstić information content (AvgIpc) is 3.44. The first kappa shape index (κ1) is 20.8. The van der Waals surface area contributed by atoms with Gasteiger partial charge < -0.3 is 19.1 Å². The number of hydrogen-bond acceptors (Lipinski definition) is 9. The van der Waals surface area contributed by atoms with Crippen LogP contribution in [0, 0.1) is 0 Å². The molecule has 11 nitrogen and oxygen atoms in total. The Labute approximate surface area is 179 Å². The second kappa shape index (κ2) is 9.56. The topological polar surface area (TPSA) is 109 Å². The Kier molecular flexibility index (Phi) is 6.41. The van der Waals surface area contributed by atoms with Gasteiger partial charge >= 0.3 is 12.0 Å². The summed E-state index contributed by atoms with van der Waals surface area (Å²) in [6.45, 7) is 5.12. The highest BCUT2D eigenvalue weighted by molar-refractivity contribution is 5.87. The summed E-state index contributed by atoms with van der Waals surface area (Å²) in [5.74, 6) is 0.741. The fourth-order valence-electron chi connectivity index (χ4n) is 3.15. The third kappa shape index (κ3) is 5.18. The molecule has 0 radical (unpaired) electrons. The fourth-order valence-corrected chi connectivity index (χ4v) is 3.15. The van der Waals surface area contributed by atoms with Crippen molar-refractivity contribution in [2.45, 2.75) is 13.3 Å². The highest BCUT2D eigenvalue weighted by Gasteiger charge is 2.18. The maximum absolute atomic E-state index is 12.0. The predicted octanol–water partition coefficient (Wildman–Crippen LogP) is 1.03. The normalized spacial score (nSPS) is 13.9. The van der Waals surface area contributed by atoms with Crippen molar-refractivity contribution in [1.29, 1.82) is 0 Å². The maximum atomic E-state index is 12.0. The van der Waals surface area contributed by atoms with E-state index in [-0.39, 0.29) is 18.3 Å². The van der Waals surface area contributed by atoms with Crippen LogP contribution in [0.25, 0.3) is 5.82 Å². The number of nitrogens with zero attached hydrogens (tertiary/aromatic N) is 7. The van der Waals surface area contributed by atoms with Crippen molar-refractivity contribution in [2.24, 2.45) is 7.05 Å². The summed E-state index contributed by atoms with van der Waals surface area (Å²) in [6, 6.07) is 5.60. The Bertz CT molecular complexity index is 1030. The van der Waals surface area contributed by atoms with Crippen molar-refractivity contribution in [3.05, 3.63) is 42.0 Å². The summed E-state index contributed by atoms with van der Waals surface area (Å²) < 4.78 is 19.6. The van der Waals surface area contributed by atoms with Gasteiger partial charge in [0.05, 0.1) is 32.1 Å². The molecule has 4 heterocycles. The SMILES string of the molecule is CCOC(=O)c1ccn(-c2cc(N3CCOCC3)nc(OCCc3ccn(C)n3)n2)n1. The molecule has 1 saturated heterocycles. The van der Waals surface area contributed by atoms with E-state index in [2.05, 4.69) is 25.1 Å². The zero-order valence-corrected chi connectivity index (χ0v) is 17.6. The summed E-state index contributed by atoms with van der Waals surface area (Å²) in [6.07, 6.45) is 4.19. The number of aromatic nitrogens is 6. The van der Waals surface area contributed by atoms with Crippen LogP contribution in [-0.4, -0.2) is 75.0 Å². The lowest BCUT2D eigenvalue weighted by Gasteiger charge is -2.28. The predicted molar refractivity (Wildman–Crippen MR) is 111 cm³/mol. The summed E-state index contributed by atoms with van der Waals surface area (Å²) in [4.78, 5) is 23.1. The zero-order chi connectivity index (χ0) is 21.6. The highest BCUT2D eigenvalue weighted by Crippen LogP contribution is 2.20. The molecule has 0 saturated carbocycles. The zero-order valence-electron chi connectivity index (χ0n) is 17.6. The Morgan fingerprint density at radius 3 is 2.68 bits per heavy atom. The van der Waals surface area contributed by atoms with Crippen LogP contribution in [0.3, 0.4) is 0 Å². The van der Waals surface area contributed by atoms with Gasteiger partial charge in [0.25, 0.3) is 0 Å². The monoisotopic (exact) mass is 427 g/mol. The van der Waals surface area contributed by atoms with E-state index in [9.17, 15) is 4.79 Å². The number of hydrogen-bond donors (Lipinski definition) is 0. The van der Waals surface area contributed by atoms with Gasteiger partial charge in [-0.3, -0.25) is 4.68 Å². The van der Waals surface area contributed by atoms with Gasteiger partial charge in [-0.05, 0) is 19.1 Å². The van der Waals surface area contributed by atoms with Crippen molar-refractivity contribution >= 4 is 11.8 Å². The summed E-state index contributed by atoms with van der Waals surface area (Å²) >= 11 is 0. The second-order valence-corrected chi connectivity index (χ2v) is 6.91. The molecule has 0 spiro atoms. The highest BCUT2D eigenvalue weighted by atomic mass is 16.5. The van der Waals surface area contributed by atoms with Crippen molar-refractivity contribution < 1.29 is 19.0 Å². The van der Waals surface area contributed by atoms with E-state index in [0.717, 1.165) is 18.8 Å². The van der Waals surface area contributed by atoms with Crippen LogP contribution < -0.4 is 9.64 Å². The van der Waals surface area contributed by atoms with E-state index in [1.54, 1.807) is 23.9 Å². The maximum Gasteiger partial charge on any atom is 0.358 e. The largest absolute Gasteiger partial charge is 0.463 e. The van der Waals surface area contributed by atoms with Gasteiger partial charge in [-0.1, -0.05) is 0 Å². The molecule has 3 aromatic rings. The van der Waals surface area contributed by atoms with Gasteiger partial charge in [0.15, 0.2) is 11.5 Å². The number of aryl methyl sites for hydroxylation is 1.